The third-order valence-corrected chi connectivity index (χ3v) is 7.64. The normalized spacial score (nSPS) is 18.0. The molecule has 2 aliphatic rings. The standard InChI is InChI=1S/C32H25F3N2O4/c1-31(2)16-23-28-22-9-4-3-6-18(22)10-12-24(28)36-30(29(23)26(38)17-31)19-7-5-8-21(14-19)41-27-13-11-20(32(33,34)35)15-25(27)37(39)40/h3-15,30,36H,16-17H2,1-2H3/t30-/m0/s1. The van der Waals surface area contributed by atoms with Gasteiger partial charge in [-0.05, 0) is 64.1 Å². The summed E-state index contributed by atoms with van der Waals surface area (Å²) in [6.45, 7) is 4.17. The van der Waals surface area contributed by atoms with Crippen LogP contribution in [0, 0.1) is 15.5 Å². The highest BCUT2D eigenvalue weighted by atomic mass is 19.4. The number of nitrogens with zero attached hydrogens (tertiary/aromatic N) is 1. The third-order valence-electron chi connectivity index (χ3n) is 7.64. The molecule has 0 fully saturated rings. The molecule has 0 aromatic heterocycles. The number of nitro benzene ring substituents is 1. The first-order valence-electron chi connectivity index (χ1n) is 13.1. The fourth-order valence-corrected chi connectivity index (χ4v) is 5.89. The number of nitrogens with one attached hydrogen (secondary N) is 1. The van der Waals surface area contributed by atoms with E-state index in [4.69, 9.17) is 4.74 Å². The molecule has 0 saturated carbocycles. The van der Waals surface area contributed by atoms with E-state index in [1.54, 1.807) is 18.2 Å². The summed E-state index contributed by atoms with van der Waals surface area (Å²) in [5.41, 5.74) is 2.11. The Morgan fingerprint density at radius 2 is 1.76 bits per heavy atom. The van der Waals surface area contributed by atoms with E-state index in [0.29, 0.717) is 30.0 Å². The summed E-state index contributed by atoms with van der Waals surface area (Å²) >= 11 is 0. The van der Waals surface area contributed by atoms with Gasteiger partial charge in [0.15, 0.2) is 5.78 Å². The molecule has 41 heavy (non-hydrogen) atoms. The molecule has 1 aliphatic heterocycles. The Balaban J connectivity index is 1.44. The Bertz CT molecular complexity index is 1770. The summed E-state index contributed by atoms with van der Waals surface area (Å²) in [6, 6.07) is 20.5. The van der Waals surface area contributed by atoms with Crippen molar-refractivity contribution in [3.05, 3.63) is 111 Å². The van der Waals surface area contributed by atoms with Crippen LogP contribution in [-0.4, -0.2) is 10.7 Å². The first kappa shape index (κ1) is 26.6. The molecule has 0 spiro atoms. The number of anilines is 1. The summed E-state index contributed by atoms with van der Waals surface area (Å²) in [7, 11) is 0. The van der Waals surface area contributed by atoms with Gasteiger partial charge in [0.2, 0.25) is 5.75 Å². The Kier molecular flexibility index (Phi) is 6.13. The van der Waals surface area contributed by atoms with E-state index in [9.17, 15) is 28.1 Å². The molecule has 1 heterocycles. The van der Waals surface area contributed by atoms with E-state index in [-0.39, 0.29) is 22.7 Å². The topological polar surface area (TPSA) is 81.5 Å². The van der Waals surface area contributed by atoms with Crippen LogP contribution in [0.4, 0.5) is 24.5 Å². The molecule has 4 aromatic carbocycles. The van der Waals surface area contributed by atoms with Gasteiger partial charge in [-0.3, -0.25) is 14.9 Å². The van der Waals surface area contributed by atoms with Crippen LogP contribution in [0.15, 0.2) is 84.4 Å². The van der Waals surface area contributed by atoms with Gasteiger partial charge in [-0.15, -0.1) is 0 Å². The molecule has 0 saturated heterocycles. The highest BCUT2D eigenvalue weighted by molar-refractivity contribution is 6.12. The summed E-state index contributed by atoms with van der Waals surface area (Å²) in [5.74, 6) is -0.0804. The molecular weight excluding hydrogens is 533 g/mol. The number of hydrogen-bond acceptors (Lipinski definition) is 5. The number of hydrogen-bond donors (Lipinski definition) is 1. The first-order chi connectivity index (χ1) is 19.4. The van der Waals surface area contributed by atoms with Crippen LogP contribution in [0.5, 0.6) is 11.5 Å². The van der Waals surface area contributed by atoms with Crippen molar-refractivity contribution in [2.75, 3.05) is 5.32 Å². The number of Topliss-reactive ketones (excluding diaryl/α,β-unsaturated/α-hetero) is 1. The number of benzene rings is 4. The second-order valence-electron chi connectivity index (χ2n) is 11.2. The number of alkyl halides is 3. The van der Waals surface area contributed by atoms with Gasteiger partial charge in [0.1, 0.15) is 5.75 Å². The SMILES string of the molecule is CC1(C)CC(=O)C2=C(C1)c1c(ccc3ccccc13)N[C@H]2c1cccc(Oc2ccc(C(F)(F)F)cc2[N+](=O)[O-])c1. The molecule has 0 radical (unpaired) electrons. The number of fused-ring (bicyclic) bond motifs is 4. The highest BCUT2D eigenvalue weighted by Crippen LogP contribution is 2.52. The summed E-state index contributed by atoms with van der Waals surface area (Å²) < 4.78 is 45.2. The van der Waals surface area contributed by atoms with E-state index in [2.05, 4.69) is 25.2 Å². The van der Waals surface area contributed by atoms with Gasteiger partial charge >= 0.3 is 11.9 Å². The first-order valence-corrected chi connectivity index (χ1v) is 13.1. The van der Waals surface area contributed by atoms with Crippen molar-refractivity contribution in [1.82, 2.24) is 0 Å². The summed E-state index contributed by atoms with van der Waals surface area (Å²) in [6.07, 6.45) is -3.64. The number of ketones is 1. The molecule has 208 valence electrons. The zero-order valence-corrected chi connectivity index (χ0v) is 22.2. The molecule has 0 bridgehead atoms. The number of carbonyl (C=O) groups is 1. The lowest BCUT2D eigenvalue weighted by molar-refractivity contribution is -0.385. The maximum Gasteiger partial charge on any atom is 0.416 e. The van der Waals surface area contributed by atoms with Crippen LogP contribution in [-0.2, 0) is 11.0 Å². The maximum atomic E-state index is 13.7. The molecule has 9 heteroatoms. The van der Waals surface area contributed by atoms with Gasteiger partial charge in [0.05, 0.1) is 16.5 Å². The van der Waals surface area contributed by atoms with Gasteiger partial charge in [-0.1, -0.05) is 56.3 Å². The third kappa shape index (κ3) is 4.81. The molecule has 1 atom stereocenters. The largest absolute Gasteiger partial charge is 0.450 e. The Morgan fingerprint density at radius 3 is 2.51 bits per heavy atom. The van der Waals surface area contributed by atoms with Crippen molar-refractivity contribution < 1.29 is 27.6 Å². The minimum atomic E-state index is -4.73. The van der Waals surface area contributed by atoms with E-state index < -0.39 is 28.4 Å². The number of ether oxygens (including phenoxy) is 1. The molecule has 0 amide bonds. The van der Waals surface area contributed by atoms with Crippen LogP contribution < -0.4 is 10.1 Å². The van der Waals surface area contributed by atoms with Gasteiger partial charge in [0, 0.05) is 29.3 Å². The zero-order chi connectivity index (χ0) is 29.1. The quantitative estimate of drug-likeness (QED) is 0.200. The van der Waals surface area contributed by atoms with E-state index in [1.165, 1.54) is 0 Å². The van der Waals surface area contributed by atoms with Gasteiger partial charge < -0.3 is 10.1 Å². The average Bonchev–Trinajstić information content (AvgIpc) is 2.91. The molecule has 4 aromatic rings. The second-order valence-corrected chi connectivity index (χ2v) is 11.2. The van der Waals surface area contributed by atoms with Gasteiger partial charge in [-0.2, -0.15) is 13.2 Å². The minimum absolute atomic E-state index is 0.0389. The molecule has 1 aliphatic carbocycles. The Morgan fingerprint density at radius 1 is 0.976 bits per heavy atom. The minimum Gasteiger partial charge on any atom is -0.450 e. The second kappa shape index (κ2) is 9.47. The fourth-order valence-electron chi connectivity index (χ4n) is 5.89. The van der Waals surface area contributed by atoms with Crippen molar-refractivity contribution in [3.63, 3.8) is 0 Å². The van der Waals surface area contributed by atoms with E-state index in [1.807, 2.05) is 36.4 Å². The Hall–Kier alpha value is -4.66. The number of rotatable bonds is 4. The number of nitro groups is 1. The predicted molar refractivity (Wildman–Crippen MR) is 150 cm³/mol. The molecule has 0 unspecified atom stereocenters. The van der Waals surface area contributed by atoms with Crippen LogP contribution in [0.3, 0.4) is 0 Å². The number of halogens is 3. The van der Waals surface area contributed by atoms with Crippen LogP contribution in [0.2, 0.25) is 0 Å². The Labute approximate surface area is 233 Å². The fraction of sp³-hybridized carbons (Fsp3) is 0.219. The lowest BCUT2D eigenvalue weighted by Crippen LogP contribution is -2.33. The van der Waals surface area contributed by atoms with E-state index in [0.717, 1.165) is 39.7 Å². The van der Waals surface area contributed by atoms with Crippen molar-refractivity contribution >= 4 is 33.5 Å². The zero-order valence-electron chi connectivity index (χ0n) is 22.2. The smallest absolute Gasteiger partial charge is 0.416 e. The van der Waals surface area contributed by atoms with Crippen LogP contribution in [0.1, 0.15) is 49.4 Å². The highest BCUT2D eigenvalue weighted by Gasteiger charge is 2.41. The van der Waals surface area contributed by atoms with Crippen molar-refractivity contribution in [2.24, 2.45) is 5.41 Å². The summed E-state index contributed by atoms with van der Waals surface area (Å²) in [4.78, 5) is 24.3. The molecule has 1 N–H and O–H groups in total. The monoisotopic (exact) mass is 558 g/mol. The van der Waals surface area contributed by atoms with Crippen LogP contribution >= 0.6 is 0 Å². The molecule has 6 nitrogen and oxygen atoms in total. The lowest BCUT2D eigenvalue weighted by Gasteiger charge is -2.40. The number of carbonyl (C=O) groups excluding carboxylic acids is 1. The van der Waals surface area contributed by atoms with Gasteiger partial charge in [0.25, 0.3) is 0 Å². The van der Waals surface area contributed by atoms with Crippen molar-refractivity contribution in [1.29, 1.82) is 0 Å². The van der Waals surface area contributed by atoms with Crippen LogP contribution in [0.25, 0.3) is 16.3 Å². The molecular formula is C32H25F3N2O4. The summed E-state index contributed by atoms with van der Waals surface area (Å²) in [5, 5.41) is 17.2. The maximum absolute atomic E-state index is 13.7. The number of allylic oxidation sites excluding steroid dienone is 1. The van der Waals surface area contributed by atoms with Crippen molar-refractivity contribution in [3.8, 4) is 11.5 Å². The van der Waals surface area contributed by atoms with Gasteiger partial charge in [-0.25, -0.2) is 0 Å². The predicted octanol–water partition coefficient (Wildman–Crippen LogP) is 8.87. The van der Waals surface area contributed by atoms with E-state index >= 15 is 0 Å². The molecule has 6 rings (SSSR count). The lowest BCUT2D eigenvalue weighted by atomic mass is 9.68. The van der Waals surface area contributed by atoms with Crippen molar-refractivity contribution in [2.45, 2.75) is 38.9 Å². The average molecular weight is 559 g/mol.